The second kappa shape index (κ2) is 6.83. The van der Waals surface area contributed by atoms with E-state index in [-0.39, 0.29) is 11.8 Å². The predicted octanol–water partition coefficient (Wildman–Crippen LogP) is 4.20. The van der Waals surface area contributed by atoms with Gasteiger partial charge in [0.2, 0.25) is 0 Å². The van der Waals surface area contributed by atoms with Crippen LogP contribution in [0.15, 0.2) is 24.3 Å². The molecule has 0 aliphatic heterocycles. The van der Waals surface area contributed by atoms with Crippen molar-refractivity contribution in [2.75, 3.05) is 11.9 Å². The van der Waals surface area contributed by atoms with Gasteiger partial charge in [-0.15, -0.1) is 0 Å². The van der Waals surface area contributed by atoms with Gasteiger partial charge in [0.1, 0.15) is 23.4 Å². The number of nitrogens with zero attached hydrogens (tertiary/aromatic N) is 2. The van der Waals surface area contributed by atoms with Crippen LogP contribution < -0.4 is 5.32 Å². The lowest BCUT2D eigenvalue weighted by Crippen LogP contribution is -2.03. The lowest BCUT2D eigenvalue weighted by Gasteiger charge is -2.09. The van der Waals surface area contributed by atoms with Gasteiger partial charge in [-0.3, -0.25) is 0 Å². The van der Waals surface area contributed by atoms with E-state index in [1.165, 1.54) is 24.3 Å². The molecule has 0 aliphatic carbocycles. The number of aromatic nitrogens is 2. The number of ether oxygens (including phenoxy) is 1. The summed E-state index contributed by atoms with van der Waals surface area (Å²) in [6.45, 7) is 2.67. The second-order valence-electron chi connectivity index (χ2n) is 3.88. The monoisotopic (exact) mass is 315 g/mol. The number of anilines is 2. The fourth-order valence-corrected chi connectivity index (χ4v) is 1.88. The maximum Gasteiger partial charge on any atom is 0.158 e. The van der Waals surface area contributed by atoms with E-state index in [1.54, 1.807) is 0 Å². The summed E-state index contributed by atoms with van der Waals surface area (Å²) in [7, 11) is 0. The van der Waals surface area contributed by atoms with E-state index in [0.29, 0.717) is 29.0 Å². The zero-order valence-electron chi connectivity index (χ0n) is 10.7. The Hall–Kier alpha value is -1.43. The van der Waals surface area contributed by atoms with Gasteiger partial charge in [0.15, 0.2) is 5.82 Å². The quantitative estimate of drug-likeness (QED) is 0.840. The minimum atomic E-state index is -0.397. The van der Waals surface area contributed by atoms with Gasteiger partial charge in [-0.1, -0.05) is 23.2 Å². The fraction of sp³-hybridized carbons (Fsp3) is 0.231. The summed E-state index contributed by atoms with van der Waals surface area (Å²) in [6.07, 6.45) is 0. The summed E-state index contributed by atoms with van der Waals surface area (Å²) >= 11 is 11.9. The van der Waals surface area contributed by atoms with Crippen molar-refractivity contribution < 1.29 is 9.13 Å². The Morgan fingerprint density at radius 2 is 2.05 bits per heavy atom. The van der Waals surface area contributed by atoms with Crippen LogP contribution in [0.1, 0.15) is 12.7 Å². The third-order valence-electron chi connectivity index (χ3n) is 2.37. The Morgan fingerprint density at radius 3 is 2.80 bits per heavy atom. The molecule has 0 atom stereocenters. The molecule has 0 amide bonds. The molecule has 2 rings (SSSR count). The number of hydrogen-bond acceptors (Lipinski definition) is 4. The lowest BCUT2D eigenvalue weighted by molar-refractivity contribution is 0.128. The molecule has 0 saturated heterocycles. The van der Waals surface area contributed by atoms with Gasteiger partial charge in [0.05, 0.1) is 10.7 Å². The average molecular weight is 316 g/mol. The van der Waals surface area contributed by atoms with Crippen molar-refractivity contribution in [1.82, 2.24) is 9.97 Å². The molecule has 20 heavy (non-hydrogen) atoms. The molecule has 7 heteroatoms. The fourth-order valence-electron chi connectivity index (χ4n) is 1.52. The minimum absolute atomic E-state index is 0.253. The van der Waals surface area contributed by atoms with E-state index in [1.807, 2.05) is 6.92 Å². The SMILES string of the molecule is CCOCc1nc(Cl)cc(Nc2cc(F)ccc2Cl)n1. The van der Waals surface area contributed by atoms with Crippen molar-refractivity contribution >= 4 is 34.7 Å². The summed E-state index contributed by atoms with van der Waals surface area (Å²) < 4.78 is 18.4. The van der Waals surface area contributed by atoms with Gasteiger partial charge >= 0.3 is 0 Å². The highest BCUT2D eigenvalue weighted by molar-refractivity contribution is 6.33. The van der Waals surface area contributed by atoms with E-state index in [0.717, 1.165) is 0 Å². The highest BCUT2D eigenvalue weighted by Gasteiger charge is 2.07. The molecule has 0 aliphatic rings. The Labute approximate surface area is 125 Å². The summed E-state index contributed by atoms with van der Waals surface area (Å²) in [5.41, 5.74) is 0.406. The molecule has 106 valence electrons. The summed E-state index contributed by atoms with van der Waals surface area (Å²) in [5.74, 6) is 0.466. The summed E-state index contributed by atoms with van der Waals surface area (Å²) in [4.78, 5) is 8.26. The second-order valence-corrected chi connectivity index (χ2v) is 4.67. The molecular formula is C13H12Cl2FN3O. The Kier molecular flexibility index (Phi) is 5.11. The van der Waals surface area contributed by atoms with E-state index in [2.05, 4.69) is 15.3 Å². The van der Waals surface area contributed by atoms with Crippen LogP contribution in [0.5, 0.6) is 0 Å². The van der Waals surface area contributed by atoms with Crippen LogP contribution in [0.4, 0.5) is 15.9 Å². The maximum absolute atomic E-state index is 13.2. The smallest absolute Gasteiger partial charge is 0.158 e. The normalized spacial score (nSPS) is 10.6. The molecule has 0 unspecified atom stereocenters. The number of benzene rings is 1. The number of hydrogen-bond donors (Lipinski definition) is 1. The van der Waals surface area contributed by atoms with Crippen LogP contribution in [-0.4, -0.2) is 16.6 Å². The van der Waals surface area contributed by atoms with Crippen LogP contribution in [0, 0.1) is 5.82 Å². The van der Waals surface area contributed by atoms with E-state index in [4.69, 9.17) is 27.9 Å². The van der Waals surface area contributed by atoms with Gasteiger partial charge < -0.3 is 10.1 Å². The Balaban J connectivity index is 2.24. The van der Waals surface area contributed by atoms with E-state index < -0.39 is 5.82 Å². The van der Waals surface area contributed by atoms with Crippen LogP contribution >= 0.6 is 23.2 Å². The largest absolute Gasteiger partial charge is 0.374 e. The highest BCUT2D eigenvalue weighted by atomic mass is 35.5. The van der Waals surface area contributed by atoms with Gasteiger partial charge in [-0.25, -0.2) is 14.4 Å². The van der Waals surface area contributed by atoms with Gasteiger partial charge in [0.25, 0.3) is 0 Å². The molecule has 0 fully saturated rings. The van der Waals surface area contributed by atoms with Crippen molar-refractivity contribution in [2.45, 2.75) is 13.5 Å². The molecule has 1 aromatic carbocycles. The van der Waals surface area contributed by atoms with E-state index in [9.17, 15) is 4.39 Å². The van der Waals surface area contributed by atoms with Gasteiger partial charge in [-0.05, 0) is 25.1 Å². The summed E-state index contributed by atoms with van der Waals surface area (Å²) in [6, 6.07) is 5.54. The lowest BCUT2D eigenvalue weighted by atomic mass is 10.3. The van der Waals surface area contributed by atoms with Crippen LogP contribution in [0.25, 0.3) is 0 Å². The van der Waals surface area contributed by atoms with Gasteiger partial charge in [-0.2, -0.15) is 0 Å². The van der Waals surface area contributed by atoms with Crippen LogP contribution in [-0.2, 0) is 11.3 Å². The number of nitrogens with one attached hydrogen (secondary N) is 1. The molecule has 1 aromatic heterocycles. The number of halogens is 3. The topological polar surface area (TPSA) is 47.0 Å². The third kappa shape index (κ3) is 4.03. The molecule has 1 N–H and O–H groups in total. The Morgan fingerprint density at radius 1 is 1.25 bits per heavy atom. The molecule has 2 aromatic rings. The third-order valence-corrected chi connectivity index (χ3v) is 2.89. The standard InChI is InChI=1S/C13H12Cl2FN3O/c1-2-20-7-13-18-11(15)6-12(19-13)17-10-5-8(16)3-4-9(10)14/h3-6H,2,7H2,1H3,(H,17,18,19). The van der Waals surface area contributed by atoms with Crippen molar-refractivity contribution in [2.24, 2.45) is 0 Å². The zero-order chi connectivity index (χ0) is 14.5. The first-order valence-corrected chi connectivity index (χ1v) is 6.67. The predicted molar refractivity (Wildman–Crippen MR) is 77.1 cm³/mol. The molecule has 0 saturated carbocycles. The van der Waals surface area contributed by atoms with Crippen LogP contribution in [0.3, 0.4) is 0 Å². The molecule has 0 radical (unpaired) electrons. The van der Waals surface area contributed by atoms with Crippen molar-refractivity contribution in [3.8, 4) is 0 Å². The molecule has 0 spiro atoms. The molecule has 1 heterocycles. The van der Waals surface area contributed by atoms with Crippen LogP contribution in [0.2, 0.25) is 10.2 Å². The first-order chi connectivity index (χ1) is 9.58. The summed E-state index contributed by atoms with van der Waals surface area (Å²) in [5, 5.41) is 3.56. The van der Waals surface area contributed by atoms with Crippen molar-refractivity contribution in [3.63, 3.8) is 0 Å². The van der Waals surface area contributed by atoms with Gasteiger partial charge in [0, 0.05) is 12.7 Å². The molecule has 0 bridgehead atoms. The minimum Gasteiger partial charge on any atom is -0.374 e. The highest BCUT2D eigenvalue weighted by Crippen LogP contribution is 2.26. The average Bonchev–Trinajstić information content (AvgIpc) is 2.40. The number of rotatable bonds is 5. The zero-order valence-corrected chi connectivity index (χ0v) is 12.2. The maximum atomic E-state index is 13.2. The first kappa shape index (κ1) is 15.0. The van der Waals surface area contributed by atoms with Crippen molar-refractivity contribution in [1.29, 1.82) is 0 Å². The Bertz CT molecular complexity index is 610. The molecule has 4 nitrogen and oxygen atoms in total. The van der Waals surface area contributed by atoms with E-state index >= 15 is 0 Å². The molecular weight excluding hydrogens is 304 g/mol. The van der Waals surface area contributed by atoms with Crippen molar-refractivity contribution in [3.05, 3.63) is 46.1 Å². The first-order valence-electron chi connectivity index (χ1n) is 5.91.